The number of nitrogens with one attached hydrogen (secondary N) is 1. The number of thioether (sulfide) groups is 1. The number of aryl methyl sites for hydroxylation is 1. The average molecular weight is 511 g/mol. The first kappa shape index (κ1) is 25.1. The van der Waals surface area contributed by atoms with Gasteiger partial charge >= 0.3 is 0 Å². The van der Waals surface area contributed by atoms with Gasteiger partial charge in [0, 0.05) is 30.8 Å². The molecule has 2 aromatic carbocycles. The Balaban J connectivity index is 0.000000237. The second kappa shape index (κ2) is 12.1. The lowest BCUT2D eigenvalue weighted by Crippen LogP contribution is -2.30. The fourth-order valence-corrected chi connectivity index (χ4v) is 5.39. The Morgan fingerprint density at radius 1 is 1.11 bits per heavy atom. The summed E-state index contributed by atoms with van der Waals surface area (Å²) in [5.74, 6) is 0.854. The van der Waals surface area contributed by atoms with Crippen LogP contribution in [0.4, 0.5) is 10.2 Å². The SMILES string of the molecule is CSc1ccc(CNC=O)cc1.Cc1ccc(-c2cc3c(N4CCCCC4)ncnc3s2)cc1F.[HH]. The smallest absolute Gasteiger partial charge is 0.207 e. The maximum atomic E-state index is 13.9. The Kier molecular flexibility index (Phi) is 8.71. The van der Waals surface area contributed by atoms with Crippen molar-refractivity contribution in [3.05, 3.63) is 71.8 Å². The van der Waals surface area contributed by atoms with Gasteiger partial charge < -0.3 is 10.2 Å². The van der Waals surface area contributed by atoms with Crippen LogP contribution in [0.5, 0.6) is 0 Å². The summed E-state index contributed by atoms with van der Waals surface area (Å²) in [5.41, 5.74) is 2.70. The number of thiophene rings is 1. The fraction of sp³-hybridized carbons (Fsp3) is 0.296. The molecular weight excluding hydrogens is 479 g/mol. The van der Waals surface area contributed by atoms with Crippen LogP contribution in [0.25, 0.3) is 20.7 Å². The molecule has 1 amide bonds. The molecule has 5 rings (SSSR count). The van der Waals surface area contributed by atoms with E-state index >= 15 is 0 Å². The van der Waals surface area contributed by atoms with Gasteiger partial charge in [0.25, 0.3) is 0 Å². The summed E-state index contributed by atoms with van der Waals surface area (Å²) in [4.78, 5) is 24.5. The molecule has 1 aliphatic heterocycles. The van der Waals surface area contributed by atoms with Crippen LogP contribution in [0, 0.1) is 12.7 Å². The van der Waals surface area contributed by atoms with Crippen molar-refractivity contribution in [2.75, 3.05) is 24.2 Å². The lowest BCUT2D eigenvalue weighted by Gasteiger charge is -2.27. The van der Waals surface area contributed by atoms with Crippen LogP contribution in [0.3, 0.4) is 0 Å². The summed E-state index contributed by atoms with van der Waals surface area (Å²) in [5, 5.41) is 3.69. The van der Waals surface area contributed by atoms with Gasteiger partial charge in [0.15, 0.2) is 0 Å². The molecule has 0 radical (unpaired) electrons. The summed E-state index contributed by atoms with van der Waals surface area (Å²) in [6.45, 7) is 4.50. The predicted octanol–water partition coefficient (Wildman–Crippen LogP) is 6.70. The van der Waals surface area contributed by atoms with Gasteiger partial charge in [-0.2, -0.15) is 0 Å². The Morgan fingerprint density at radius 2 is 1.89 bits per heavy atom. The molecule has 4 aromatic rings. The van der Waals surface area contributed by atoms with Crippen molar-refractivity contribution in [2.24, 2.45) is 0 Å². The van der Waals surface area contributed by atoms with E-state index in [-0.39, 0.29) is 7.24 Å². The topological polar surface area (TPSA) is 58.1 Å². The number of carbonyl (C=O) groups excluding carboxylic acids is 1. The largest absolute Gasteiger partial charge is 0.356 e. The Morgan fingerprint density at radius 3 is 2.57 bits per heavy atom. The van der Waals surface area contributed by atoms with Crippen molar-refractivity contribution in [2.45, 2.75) is 37.6 Å². The number of aromatic nitrogens is 2. The molecule has 0 spiro atoms. The van der Waals surface area contributed by atoms with Crippen LogP contribution in [-0.2, 0) is 11.3 Å². The molecule has 5 nitrogen and oxygen atoms in total. The molecule has 1 aliphatic rings. The van der Waals surface area contributed by atoms with Crippen molar-refractivity contribution in [1.29, 1.82) is 0 Å². The normalized spacial score (nSPS) is 13.3. The lowest BCUT2D eigenvalue weighted by atomic mass is 10.1. The van der Waals surface area contributed by atoms with E-state index in [9.17, 15) is 9.18 Å². The van der Waals surface area contributed by atoms with Gasteiger partial charge in [-0.15, -0.1) is 23.1 Å². The summed E-state index contributed by atoms with van der Waals surface area (Å²) in [7, 11) is 0. The van der Waals surface area contributed by atoms with Crippen molar-refractivity contribution in [3.63, 3.8) is 0 Å². The Hall–Kier alpha value is -2.97. The highest BCUT2D eigenvalue weighted by atomic mass is 32.2. The molecule has 0 atom stereocenters. The minimum absolute atomic E-state index is 0. The zero-order valence-corrected chi connectivity index (χ0v) is 21.6. The summed E-state index contributed by atoms with van der Waals surface area (Å²) < 4.78 is 13.9. The standard InChI is InChI=1S/C18H18FN3S.C9H11NOS.H2/c1-12-5-6-13(9-15(12)19)16-10-14-17(20-11-21-18(14)23-16)22-7-3-2-4-8-22;1-12-9-4-2-8(3-5-9)6-10-7-11;/h5-6,9-11H,2-4,7-8H2,1H3;2-5,7H,6H2,1H3,(H,10,11);1H. The number of hydrogen-bond donors (Lipinski definition) is 1. The zero-order valence-electron chi connectivity index (χ0n) is 20.0. The van der Waals surface area contributed by atoms with Crippen LogP contribution in [0.1, 0.15) is 31.8 Å². The number of carbonyl (C=O) groups is 1. The molecule has 8 heteroatoms. The van der Waals surface area contributed by atoms with Crippen LogP contribution in [-0.4, -0.2) is 35.7 Å². The highest BCUT2D eigenvalue weighted by Crippen LogP contribution is 2.37. The summed E-state index contributed by atoms with van der Waals surface area (Å²) in [6, 6.07) is 15.6. The number of fused-ring (bicyclic) bond motifs is 1. The van der Waals surface area contributed by atoms with Gasteiger partial charge in [0.2, 0.25) is 6.41 Å². The fourth-order valence-electron chi connectivity index (χ4n) is 3.99. The molecule has 2 aromatic heterocycles. The second-order valence-electron chi connectivity index (χ2n) is 8.39. The van der Waals surface area contributed by atoms with Crippen LogP contribution >= 0.6 is 23.1 Å². The molecule has 1 N–H and O–H groups in total. The highest BCUT2D eigenvalue weighted by Gasteiger charge is 2.17. The third-order valence-electron chi connectivity index (χ3n) is 5.97. The van der Waals surface area contributed by atoms with E-state index in [0.29, 0.717) is 18.5 Å². The molecule has 35 heavy (non-hydrogen) atoms. The van der Waals surface area contributed by atoms with E-state index in [4.69, 9.17) is 0 Å². The molecule has 184 valence electrons. The first-order valence-corrected chi connectivity index (χ1v) is 13.7. The minimum atomic E-state index is -0.165. The number of rotatable bonds is 6. The number of hydrogen-bond acceptors (Lipinski definition) is 6. The van der Waals surface area contributed by atoms with E-state index in [0.717, 1.165) is 45.1 Å². The van der Waals surface area contributed by atoms with Gasteiger partial charge in [0.1, 0.15) is 22.8 Å². The number of halogens is 1. The third-order valence-corrected chi connectivity index (χ3v) is 7.80. The van der Waals surface area contributed by atoms with E-state index < -0.39 is 0 Å². The third kappa shape index (κ3) is 6.38. The maximum absolute atomic E-state index is 13.9. The van der Waals surface area contributed by atoms with Gasteiger partial charge in [-0.1, -0.05) is 24.3 Å². The van der Waals surface area contributed by atoms with Crippen molar-refractivity contribution in [3.8, 4) is 10.4 Å². The predicted molar refractivity (Wildman–Crippen MR) is 147 cm³/mol. The molecule has 0 saturated carbocycles. The summed E-state index contributed by atoms with van der Waals surface area (Å²) >= 11 is 3.31. The number of benzene rings is 2. The van der Waals surface area contributed by atoms with Gasteiger partial charge in [-0.25, -0.2) is 14.4 Å². The Bertz CT molecular complexity index is 1280. The molecule has 0 bridgehead atoms. The van der Waals surface area contributed by atoms with Crippen LogP contribution < -0.4 is 10.2 Å². The first-order valence-electron chi connectivity index (χ1n) is 11.6. The molecule has 0 aliphatic carbocycles. The molecule has 3 heterocycles. The quantitative estimate of drug-likeness (QED) is 0.231. The summed E-state index contributed by atoms with van der Waals surface area (Å²) in [6.07, 6.45) is 8.11. The van der Waals surface area contributed by atoms with Gasteiger partial charge in [-0.3, -0.25) is 4.79 Å². The van der Waals surface area contributed by atoms with E-state index in [1.54, 1.807) is 42.4 Å². The van der Waals surface area contributed by atoms with Gasteiger partial charge in [-0.05, 0) is 73.4 Å². The number of anilines is 1. The molecule has 0 unspecified atom stereocenters. The molecule has 1 fully saturated rings. The van der Waals surface area contributed by atoms with Crippen molar-refractivity contribution in [1.82, 2.24) is 15.3 Å². The van der Waals surface area contributed by atoms with E-state index in [1.165, 1.54) is 24.2 Å². The first-order chi connectivity index (χ1) is 17.1. The van der Waals surface area contributed by atoms with Crippen LogP contribution in [0.15, 0.2) is 59.8 Å². The van der Waals surface area contributed by atoms with E-state index in [1.807, 2.05) is 42.7 Å². The number of piperidine rings is 1. The maximum Gasteiger partial charge on any atom is 0.207 e. The number of nitrogens with zero attached hydrogens (tertiary/aromatic N) is 3. The van der Waals surface area contributed by atoms with Gasteiger partial charge in [0.05, 0.1) is 5.39 Å². The molecule has 1 saturated heterocycles. The lowest BCUT2D eigenvalue weighted by molar-refractivity contribution is -0.109. The molecular formula is C27H31FN4OS2. The second-order valence-corrected chi connectivity index (χ2v) is 10.3. The average Bonchev–Trinajstić information content (AvgIpc) is 3.35. The zero-order chi connectivity index (χ0) is 24.6. The van der Waals surface area contributed by atoms with Crippen LogP contribution in [0.2, 0.25) is 0 Å². The monoisotopic (exact) mass is 510 g/mol. The van der Waals surface area contributed by atoms with Crippen molar-refractivity contribution >= 4 is 45.5 Å². The minimum Gasteiger partial charge on any atom is -0.356 e. The Labute approximate surface area is 215 Å². The van der Waals surface area contributed by atoms with E-state index in [2.05, 4.69) is 26.3 Å². The van der Waals surface area contributed by atoms with Crippen molar-refractivity contribution < 1.29 is 10.6 Å². The highest BCUT2D eigenvalue weighted by molar-refractivity contribution is 7.98. The number of amides is 1.